The van der Waals surface area contributed by atoms with Crippen LogP contribution < -0.4 is 15.4 Å². The number of carbonyl (C=O) groups is 2. The fraction of sp³-hybridized carbons (Fsp3) is 0.471. The summed E-state index contributed by atoms with van der Waals surface area (Å²) in [5.74, 6) is -0.636. The summed E-state index contributed by atoms with van der Waals surface area (Å²) in [5.41, 5.74) is 6.87. The summed E-state index contributed by atoms with van der Waals surface area (Å²) in [6, 6.07) is 5.77. The van der Waals surface area contributed by atoms with Crippen molar-refractivity contribution >= 4 is 39.2 Å². The van der Waals surface area contributed by atoms with Crippen molar-refractivity contribution < 1.29 is 14.3 Å². The number of benzene rings is 1. The van der Waals surface area contributed by atoms with E-state index in [0.717, 1.165) is 15.0 Å². The maximum absolute atomic E-state index is 12.0. The number of nitrogens with zero attached hydrogens (tertiary/aromatic N) is 3. The molecular formula is C17H22N4O3S. The van der Waals surface area contributed by atoms with Crippen LogP contribution in [0.3, 0.4) is 0 Å². The van der Waals surface area contributed by atoms with Crippen LogP contribution in [-0.4, -0.2) is 35.8 Å². The molecule has 1 aliphatic heterocycles. The molecule has 0 radical (unpaired) electrons. The minimum atomic E-state index is -0.906. The average Bonchev–Trinajstić information content (AvgIpc) is 3.06. The maximum Gasteiger partial charge on any atom is 0.415 e. The fourth-order valence-electron chi connectivity index (χ4n) is 2.89. The molecule has 0 unspecified atom stereocenters. The third-order valence-electron chi connectivity index (χ3n) is 3.98. The Morgan fingerprint density at radius 2 is 2.16 bits per heavy atom. The number of ether oxygens (including phenoxy) is 1. The monoisotopic (exact) mass is 362 g/mol. The molecule has 1 atom stereocenters. The van der Waals surface area contributed by atoms with Crippen molar-refractivity contribution in [2.24, 2.45) is 10.7 Å². The molecule has 8 heteroatoms. The lowest BCUT2D eigenvalue weighted by atomic mass is 10.1. The second kappa shape index (κ2) is 6.18. The number of primary amides is 1. The Hall–Kier alpha value is -2.35. The molecule has 1 aromatic carbocycles. The largest absolute Gasteiger partial charge is 0.434 e. The van der Waals surface area contributed by atoms with Gasteiger partial charge in [0.15, 0.2) is 10.9 Å². The number of aromatic nitrogens is 1. The summed E-state index contributed by atoms with van der Waals surface area (Å²) in [4.78, 5) is 30.3. The summed E-state index contributed by atoms with van der Waals surface area (Å²) in [6.07, 6.45) is -1.46. The third kappa shape index (κ3) is 3.13. The van der Waals surface area contributed by atoms with E-state index in [0.29, 0.717) is 12.2 Å². The van der Waals surface area contributed by atoms with Gasteiger partial charge in [-0.25, -0.2) is 4.79 Å². The van der Waals surface area contributed by atoms with Crippen LogP contribution in [0.4, 0.5) is 10.5 Å². The predicted molar refractivity (Wildman–Crippen MR) is 97.7 cm³/mol. The van der Waals surface area contributed by atoms with E-state index in [2.05, 4.69) is 30.3 Å². The number of anilines is 1. The van der Waals surface area contributed by atoms with Gasteiger partial charge in [-0.15, -0.1) is 0 Å². The van der Waals surface area contributed by atoms with Crippen LogP contribution in [0, 0.1) is 0 Å². The second-order valence-electron chi connectivity index (χ2n) is 6.90. The number of hydrogen-bond donors (Lipinski definition) is 1. The van der Waals surface area contributed by atoms with Crippen LogP contribution in [0.5, 0.6) is 0 Å². The molecule has 2 N–H and O–H groups in total. The van der Waals surface area contributed by atoms with Gasteiger partial charge in [0.25, 0.3) is 5.91 Å². The highest BCUT2D eigenvalue weighted by molar-refractivity contribution is 7.16. The molecule has 0 aliphatic carbocycles. The van der Waals surface area contributed by atoms with Gasteiger partial charge in [0.05, 0.1) is 16.8 Å². The van der Waals surface area contributed by atoms with Crippen molar-refractivity contribution in [3.8, 4) is 0 Å². The molecule has 2 aromatic rings. The molecule has 0 spiro atoms. The molecule has 3 rings (SSSR count). The van der Waals surface area contributed by atoms with Gasteiger partial charge in [0.2, 0.25) is 0 Å². The highest BCUT2D eigenvalue weighted by Crippen LogP contribution is 2.30. The van der Waals surface area contributed by atoms with Gasteiger partial charge in [-0.2, -0.15) is 0 Å². The first-order valence-corrected chi connectivity index (χ1v) is 8.98. The molecule has 0 saturated carbocycles. The highest BCUT2D eigenvalue weighted by atomic mass is 32.1. The molecule has 2 heterocycles. The van der Waals surface area contributed by atoms with E-state index in [4.69, 9.17) is 10.5 Å². The molecule has 1 aliphatic rings. The zero-order valence-corrected chi connectivity index (χ0v) is 15.6. The van der Waals surface area contributed by atoms with Gasteiger partial charge in [-0.3, -0.25) is 14.7 Å². The van der Waals surface area contributed by atoms with Gasteiger partial charge in [0, 0.05) is 17.8 Å². The quantitative estimate of drug-likeness (QED) is 0.907. The lowest BCUT2D eigenvalue weighted by Gasteiger charge is -2.22. The molecule has 25 heavy (non-hydrogen) atoms. The second-order valence-corrected chi connectivity index (χ2v) is 7.91. The van der Waals surface area contributed by atoms with E-state index in [1.54, 1.807) is 11.3 Å². The summed E-state index contributed by atoms with van der Waals surface area (Å²) >= 11 is 1.58. The number of rotatable bonds is 3. The first-order chi connectivity index (χ1) is 11.7. The number of cyclic esters (lactones) is 1. The maximum atomic E-state index is 12.0. The molecule has 1 fully saturated rings. The van der Waals surface area contributed by atoms with E-state index in [9.17, 15) is 9.59 Å². The molecule has 1 saturated heterocycles. The summed E-state index contributed by atoms with van der Waals surface area (Å²) in [7, 11) is 0. The minimum Gasteiger partial charge on any atom is -0.434 e. The van der Waals surface area contributed by atoms with E-state index >= 15 is 0 Å². The number of hydrogen-bond acceptors (Lipinski definition) is 5. The van der Waals surface area contributed by atoms with E-state index in [1.165, 1.54) is 4.90 Å². The number of amides is 2. The average molecular weight is 362 g/mol. The topological polar surface area (TPSA) is 89.9 Å². The molecule has 134 valence electrons. The number of carbonyl (C=O) groups excluding carboxylic acids is 2. The van der Waals surface area contributed by atoms with Crippen molar-refractivity contribution in [3.63, 3.8) is 0 Å². The fourth-order valence-corrected chi connectivity index (χ4v) is 4.19. The Kier molecular flexibility index (Phi) is 4.32. The molecule has 1 aromatic heterocycles. The van der Waals surface area contributed by atoms with Crippen molar-refractivity contribution in [3.05, 3.63) is 23.0 Å². The van der Waals surface area contributed by atoms with Crippen molar-refractivity contribution in [1.82, 2.24) is 4.57 Å². The standard InChI is InChI=1S/C17H22N4O3S/c1-5-19-15-21(17(2,3)4)11-7-6-10(8-13(11)25-15)20-9-12(14(18)22)24-16(20)23/h6-8,12H,5,9H2,1-4H3,(H2,18,22)/t12-/m1/s1. The predicted octanol–water partition coefficient (Wildman–Crippen LogP) is 2.19. The Labute approximate surface area is 149 Å². The molecule has 0 bridgehead atoms. The Balaban J connectivity index is 2.09. The zero-order chi connectivity index (χ0) is 18.4. The summed E-state index contributed by atoms with van der Waals surface area (Å²) in [6.45, 7) is 9.25. The molecular weight excluding hydrogens is 340 g/mol. The van der Waals surface area contributed by atoms with Gasteiger partial charge in [0.1, 0.15) is 0 Å². The van der Waals surface area contributed by atoms with Gasteiger partial charge >= 0.3 is 6.09 Å². The van der Waals surface area contributed by atoms with Gasteiger partial charge in [-0.1, -0.05) is 11.3 Å². The molecule has 2 amide bonds. The smallest absolute Gasteiger partial charge is 0.415 e. The van der Waals surface area contributed by atoms with Gasteiger partial charge < -0.3 is 15.0 Å². The van der Waals surface area contributed by atoms with E-state index < -0.39 is 18.1 Å². The lowest BCUT2D eigenvalue weighted by molar-refractivity contribution is -0.124. The van der Waals surface area contributed by atoms with Crippen LogP contribution in [0.15, 0.2) is 23.2 Å². The van der Waals surface area contributed by atoms with Crippen LogP contribution >= 0.6 is 11.3 Å². The first kappa shape index (κ1) is 17.5. The highest BCUT2D eigenvalue weighted by Gasteiger charge is 2.36. The normalized spacial score (nSPS) is 18.9. The minimum absolute atomic E-state index is 0.114. The zero-order valence-electron chi connectivity index (χ0n) is 14.8. The van der Waals surface area contributed by atoms with Crippen molar-refractivity contribution in [2.45, 2.75) is 39.3 Å². The SMILES string of the molecule is CCN=c1sc2cc(N3C[C@H](C(N)=O)OC3=O)ccc2n1C(C)(C)C. The Morgan fingerprint density at radius 3 is 2.72 bits per heavy atom. The Morgan fingerprint density at radius 1 is 1.44 bits per heavy atom. The third-order valence-corrected chi connectivity index (χ3v) is 5.02. The first-order valence-electron chi connectivity index (χ1n) is 8.16. The van der Waals surface area contributed by atoms with Crippen LogP contribution in [0.1, 0.15) is 27.7 Å². The van der Waals surface area contributed by atoms with Crippen LogP contribution in [-0.2, 0) is 15.1 Å². The molecule has 7 nitrogen and oxygen atoms in total. The van der Waals surface area contributed by atoms with Crippen LogP contribution in [0.25, 0.3) is 10.2 Å². The van der Waals surface area contributed by atoms with Crippen molar-refractivity contribution in [1.29, 1.82) is 0 Å². The Bertz CT molecular complexity index is 907. The summed E-state index contributed by atoms with van der Waals surface area (Å²) in [5, 5.41) is 0. The summed E-state index contributed by atoms with van der Waals surface area (Å²) < 4.78 is 8.24. The number of fused-ring (bicyclic) bond motifs is 1. The van der Waals surface area contributed by atoms with Crippen molar-refractivity contribution in [2.75, 3.05) is 18.0 Å². The lowest BCUT2D eigenvalue weighted by Crippen LogP contribution is -2.32. The number of thiazole rings is 1. The number of nitrogens with two attached hydrogens (primary N) is 1. The van der Waals surface area contributed by atoms with Crippen LogP contribution in [0.2, 0.25) is 0 Å². The van der Waals surface area contributed by atoms with Gasteiger partial charge in [-0.05, 0) is 45.9 Å². The van der Waals surface area contributed by atoms with E-state index in [-0.39, 0.29) is 12.1 Å². The van der Waals surface area contributed by atoms with E-state index in [1.807, 2.05) is 25.1 Å².